The number of carbonyl (C=O) groups excluding carboxylic acids is 2. The summed E-state index contributed by atoms with van der Waals surface area (Å²) in [4.78, 5) is 23.3. The lowest BCUT2D eigenvalue weighted by Gasteiger charge is -2.12. The maximum atomic E-state index is 12.3. The van der Waals surface area contributed by atoms with Gasteiger partial charge in [-0.15, -0.1) is 0 Å². The Morgan fingerprint density at radius 3 is 2.22 bits per heavy atom. The van der Waals surface area contributed by atoms with Gasteiger partial charge in [0.2, 0.25) is 5.91 Å². The van der Waals surface area contributed by atoms with Gasteiger partial charge in [0, 0.05) is 16.7 Å². The second-order valence-corrected chi connectivity index (χ2v) is 5.45. The normalized spacial score (nSPS) is 9.70. The van der Waals surface area contributed by atoms with Crippen molar-refractivity contribution in [2.45, 2.75) is 13.8 Å². The molecule has 0 radical (unpaired) electrons. The zero-order chi connectivity index (χ0) is 19.6. The molecule has 0 aliphatic heterocycles. The first-order valence-corrected chi connectivity index (χ1v) is 8.61. The number of carbonyl (C=O) groups is 2. The fraction of sp³-hybridized carbons (Fsp3) is 0.238. The maximum Gasteiger partial charge on any atom is 0.252 e. The predicted molar refractivity (Wildman–Crippen MR) is 103 cm³/mol. The molecule has 2 aromatic rings. The summed E-state index contributed by atoms with van der Waals surface area (Å²) >= 11 is 0. The minimum Gasteiger partial charge on any atom is -0.490 e. The Balaban J connectivity index is 1.97. The molecule has 2 rings (SSSR count). The summed E-state index contributed by atoms with van der Waals surface area (Å²) in [6, 6.07) is 11.7. The molecule has 0 bridgehead atoms. The molecule has 0 heterocycles. The van der Waals surface area contributed by atoms with E-state index in [1.165, 1.54) is 0 Å². The van der Waals surface area contributed by atoms with Gasteiger partial charge in [0.15, 0.2) is 11.5 Å². The average molecular weight is 366 g/mol. The number of nitrogens with two attached hydrogens (primary N) is 1. The van der Waals surface area contributed by atoms with Crippen LogP contribution >= 0.6 is 0 Å². The third-order valence-electron chi connectivity index (χ3n) is 3.55. The maximum absolute atomic E-state index is 12.3. The van der Waals surface area contributed by atoms with Crippen LogP contribution in [0.15, 0.2) is 42.5 Å². The molecule has 6 heteroatoms. The van der Waals surface area contributed by atoms with Gasteiger partial charge in [0.1, 0.15) is 0 Å². The Hall–Kier alpha value is -3.46. The van der Waals surface area contributed by atoms with Crippen molar-refractivity contribution in [3.63, 3.8) is 0 Å². The van der Waals surface area contributed by atoms with Gasteiger partial charge < -0.3 is 20.5 Å². The number of ether oxygens (including phenoxy) is 2. The summed E-state index contributed by atoms with van der Waals surface area (Å²) in [6.45, 7) is 4.94. The first-order chi connectivity index (χ1) is 13.0. The minimum atomic E-state index is -0.483. The van der Waals surface area contributed by atoms with E-state index in [9.17, 15) is 9.59 Å². The Morgan fingerprint density at radius 2 is 1.59 bits per heavy atom. The van der Waals surface area contributed by atoms with Crippen molar-refractivity contribution in [2.75, 3.05) is 19.8 Å². The fourth-order valence-corrected chi connectivity index (χ4v) is 2.28. The molecule has 0 fully saturated rings. The smallest absolute Gasteiger partial charge is 0.252 e. The Bertz CT molecular complexity index is 864. The molecule has 0 saturated carbocycles. The van der Waals surface area contributed by atoms with Crippen LogP contribution in [0.3, 0.4) is 0 Å². The standard InChI is InChI=1S/C21H22N2O4/c1-3-26-18-12-11-17(14-19(18)27-4-2)21(25)23-13-5-6-15-7-9-16(10-8-15)20(22)24/h7-12,14H,3-4,13H2,1-2H3,(H2,22,24)(H,23,25). The predicted octanol–water partition coefficient (Wildman–Crippen LogP) is 2.36. The molecule has 0 aliphatic carbocycles. The van der Waals surface area contributed by atoms with E-state index in [0.29, 0.717) is 35.8 Å². The van der Waals surface area contributed by atoms with Crippen LogP contribution in [0, 0.1) is 11.8 Å². The lowest BCUT2D eigenvalue weighted by atomic mass is 10.1. The van der Waals surface area contributed by atoms with E-state index >= 15 is 0 Å². The van der Waals surface area contributed by atoms with Gasteiger partial charge in [-0.3, -0.25) is 9.59 Å². The quantitative estimate of drug-likeness (QED) is 0.736. The van der Waals surface area contributed by atoms with Gasteiger partial charge in [0.05, 0.1) is 19.8 Å². The van der Waals surface area contributed by atoms with Crippen LogP contribution in [0.4, 0.5) is 0 Å². The van der Waals surface area contributed by atoms with Crippen molar-refractivity contribution in [2.24, 2.45) is 5.73 Å². The highest BCUT2D eigenvalue weighted by atomic mass is 16.5. The van der Waals surface area contributed by atoms with Crippen molar-refractivity contribution in [3.05, 3.63) is 59.2 Å². The zero-order valence-corrected chi connectivity index (χ0v) is 15.4. The van der Waals surface area contributed by atoms with E-state index in [1.54, 1.807) is 42.5 Å². The number of amides is 2. The second kappa shape index (κ2) is 9.88. The van der Waals surface area contributed by atoms with Crippen LogP contribution in [0.5, 0.6) is 11.5 Å². The van der Waals surface area contributed by atoms with Gasteiger partial charge >= 0.3 is 0 Å². The Kier molecular flexibility index (Phi) is 7.26. The van der Waals surface area contributed by atoms with E-state index in [4.69, 9.17) is 15.2 Å². The molecule has 2 aromatic carbocycles. The van der Waals surface area contributed by atoms with Crippen LogP contribution in [0.25, 0.3) is 0 Å². The van der Waals surface area contributed by atoms with Crippen LogP contribution in [-0.4, -0.2) is 31.6 Å². The second-order valence-electron chi connectivity index (χ2n) is 5.45. The highest BCUT2D eigenvalue weighted by Crippen LogP contribution is 2.28. The van der Waals surface area contributed by atoms with E-state index in [1.807, 2.05) is 13.8 Å². The van der Waals surface area contributed by atoms with Gasteiger partial charge in [0.25, 0.3) is 5.91 Å². The molecule has 2 amide bonds. The van der Waals surface area contributed by atoms with E-state index in [0.717, 1.165) is 5.56 Å². The number of rotatable bonds is 7. The Labute approximate surface area is 158 Å². The molecule has 140 valence electrons. The number of primary amides is 1. The SMILES string of the molecule is CCOc1ccc(C(=O)NCC#Cc2ccc(C(N)=O)cc2)cc1OCC. The molecule has 0 unspecified atom stereocenters. The molecule has 0 atom stereocenters. The molecule has 3 N–H and O–H groups in total. The van der Waals surface area contributed by atoms with Gasteiger partial charge in [-0.05, 0) is 56.3 Å². The van der Waals surface area contributed by atoms with Gasteiger partial charge in [-0.1, -0.05) is 11.8 Å². The van der Waals surface area contributed by atoms with Crippen LogP contribution in [0.1, 0.15) is 40.1 Å². The van der Waals surface area contributed by atoms with Crippen molar-refractivity contribution < 1.29 is 19.1 Å². The van der Waals surface area contributed by atoms with E-state index in [2.05, 4.69) is 17.2 Å². The summed E-state index contributed by atoms with van der Waals surface area (Å²) < 4.78 is 11.0. The summed E-state index contributed by atoms with van der Waals surface area (Å²) in [5.41, 5.74) is 6.81. The van der Waals surface area contributed by atoms with Crippen LogP contribution < -0.4 is 20.5 Å². The first kappa shape index (κ1) is 19.9. The first-order valence-electron chi connectivity index (χ1n) is 8.61. The van der Waals surface area contributed by atoms with Gasteiger partial charge in [-0.25, -0.2) is 0 Å². The number of nitrogens with one attached hydrogen (secondary N) is 1. The number of benzene rings is 2. The topological polar surface area (TPSA) is 90.6 Å². The third kappa shape index (κ3) is 5.79. The number of hydrogen-bond donors (Lipinski definition) is 2. The highest BCUT2D eigenvalue weighted by molar-refractivity contribution is 5.95. The van der Waals surface area contributed by atoms with Crippen LogP contribution in [-0.2, 0) is 0 Å². The molecule has 0 saturated heterocycles. The lowest BCUT2D eigenvalue weighted by molar-refractivity contribution is 0.0956. The monoisotopic (exact) mass is 366 g/mol. The van der Waals surface area contributed by atoms with E-state index in [-0.39, 0.29) is 12.5 Å². The molecular formula is C21H22N2O4. The summed E-state index contributed by atoms with van der Waals surface area (Å²) in [5, 5.41) is 2.74. The minimum absolute atomic E-state index is 0.188. The molecule has 0 spiro atoms. The highest BCUT2D eigenvalue weighted by Gasteiger charge is 2.10. The Morgan fingerprint density at radius 1 is 0.963 bits per heavy atom. The zero-order valence-electron chi connectivity index (χ0n) is 15.4. The van der Waals surface area contributed by atoms with Crippen molar-refractivity contribution in [1.82, 2.24) is 5.32 Å². The summed E-state index contributed by atoms with van der Waals surface area (Å²) in [5.74, 6) is 6.19. The summed E-state index contributed by atoms with van der Waals surface area (Å²) in [7, 11) is 0. The lowest BCUT2D eigenvalue weighted by Crippen LogP contribution is -2.23. The van der Waals surface area contributed by atoms with E-state index < -0.39 is 5.91 Å². The molecule has 6 nitrogen and oxygen atoms in total. The molecule has 0 aromatic heterocycles. The molecule has 27 heavy (non-hydrogen) atoms. The number of hydrogen-bond acceptors (Lipinski definition) is 4. The van der Waals surface area contributed by atoms with Crippen molar-refractivity contribution in [1.29, 1.82) is 0 Å². The van der Waals surface area contributed by atoms with Crippen molar-refractivity contribution >= 4 is 11.8 Å². The molecular weight excluding hydrogens is 344 g/mol. The van der Waals surface area contributed by atoms with Crippen molar-refractivity contribution in [3.8, 4) is 23.3 Å². The average Bonchev–Trinajstić information content (AvgIpc) is 2.67. The van der Waals surface area contributed by atoms with Crippen LogP contribution in [0.2, 0.25) is 0 Å². The summed E-state index contributed by atoms with van der Waals surface area (Å²) in [6.07, 6.45) is 0. The largest absolute Gasteiger partial charge is 0.490 e. The molecule has 0 aliphatic rings. The third-order valence-corrected chi connectivity index (χ3v) is 3.55. The fourth-order valence-electron chi connectivity index (χ4n) is 2.28. The van der Waals surface area contributed by atoms with Gasteiger partial charge in [-0.2, -0.15) is 0 Å².